The van der Waals surface area contributed by atoms with Crippen molar-refractivity contribution in [3.05, 3.63) is 35.4 Å². The van der Waals surface area contributed by atoms with Crippen molar-refractivity contribution in [3.8, 4) is 0 Å². The molecule has 17 heavy (non-hydrogen) atoms. The monoisotopic (exact) mass is 232 g/mol. The zero-order chi connectivity index (χ0) is 13.1. The minimum Gasteiger partial charge on any atom is -0.294 e. The van der Waals surface area contributed by atoms with E-state index in [9.17, 15) is 4.79 Å². The molecule has 1 aromatic carbocycles. The van der Waals surface area contributed by atoms with Gasteiger partial charge in [0.25, 0.3) is 0 Å². The highest BCUT2D eigenvalue weighted by atomic mass is 16.1. The van der Waals surface area contributed by atoms with Crippen LogP contribution in [0.3, 0.4) is 0 Å². The van der Waals surface area contributed by atoms with Crippen molar-refractivity contribution < 1.29 is 4.79 Å². The van der Waals surface area contributed by atoms with Crippen molar-refractivity contribution in [1.29, 1.82) is 0 Å². The van der Waals surface area contributed by atoms with Gasteiger partial charge >= 0.3 is 0 Å². The second-order valence-electron chi connectivity index (χ2n) is 5.94. The first-order valence-electron chi connectivity index (χ1n) is 6.49. The van der Waals surface area contributed by atoms with Crippen molar-refractivity contribution >= 4 is 5.78 Å². The van der Waals surface area contributed by atoms with E-state index >= 15 is 0 Å². The van der Waals surface area contributed by atoms with Crippen molar-refractivity contribution in [2.45, 2.75) is 52.9 Å². The van der Waals surface area contributed by atoms with Gasteiger partial charge in [0.2, 0.25) is 0 Å². The maximum Gasteiger partial charge on any atom is 0.163 e. The predicted molar refractivity (Wildman–Crippen MR) is 73.5 cm³/mol. The molecule has 1 unspecified atom stereocenters. The molecule has 0 heterocycles. The van der Waals surface area contributed by atoms with Gasteiger partial charge in [-0.3, -0.25) is 4.79 Å². The summed E-state index contributed by atoms with van der Waals surface area (Å²) in [5, 5.41) is 0. The lowest BCUT2D eigenvalue weighted by Gasteiger charge is -2.22. The summed E-state index contributed by atoms with van der Waals surface area (Å²) in [5.41, 5.74) is 2.09. The molecule has 0 aliphatic heterocycles. The third-order valence-electron chi connectivity index (χ3n) is 3.27. The Morgan fingerprint density at radius 3 is 2.35 bits per heavy atom. The average molecular weight is 232 g/mol. The van der Waals surface area contributed by atoms with Gasteiger partial charge in [0.05, 0.1) is 0 Å². The number of carbonyl (C=O) groups is 1. The van der Waals surface area contributed by atoms with Gasteiger partial charge in [-0.05, 0) is 16.9 Å². The molecule has 1 rings (SSSR count). The molecule has 0 N–H and O–H groups in total. The Hall–Kier alpha value is -1.11. The summed E-state index contributed by atoms with van der Waals surface area (Å²) in [7, 11) is 0. The van der Waals surface area contributed by atoms with Crippen LogP contribution in [-0.4, -0.2) is 5.78 Å². The minimum absolute atomic E-state index is 0.0295. The fourth-order valence-electron chi connectivity index (χ4n) is 1.95. The van der Waals surface area contributed by atoms with E-state index in [-0.39, 0.29) is 11.2 Å². The average Bonchev–Trinajstić information content (AvgIpc) is 2.27. The Bertz CT molecular complexity index is 385. The quantitative estimate of drug-likeness (QED) is 0.693. The largest absolute Gasteiger partial charge is 0.294 e. The first kappa shape index (κ1) is 14.0. The maximum atomic E-state index is 12.3. The Balaban J connectivity index is 3.02. The molecule has 0 spiro atoms. The number of hydrogen-bond donors (Lipinski definition) is 0. The molecule has 1 nitrogen and oxygen atoms in total. The van der Waals surface area contributed by atoms with E-state index in [0.717, 1.165) is 17.5 Å². The van der Waals surface area contributed by atoms with Crippen LogP contribution in [0.1, 0.15) is 63.4 Å². The lowest BCUT2D eigenvalue weighted by molar-refractivity contribution is 0.0961. The molecular weight excluding hydrogens is 208 g/mol. The lowest BCUT2D eigenvalue weighted by atomic mass is 9.81. The van der Waals surface area contributed by atoms with Gasteiger partial charge in [0, 0.05) is 12.0 Å². The summed E-state index contributed by atoms with van der Waals surface area (Å²) in [5.74, 6) is 0.750. The van der Waals surface area contributed by atoms with Crippen LogP contribution in [0.4, 0.5) is 0 Å². The third kappa shape index (κ3) is 3.69. The maximum absolute atomic E-state index is 12.3. The van der Waals surface area contributed by atoms with Crippen LogP contribution in [-0.2, 0) is 5.41 Å². The molecule has 1 heteroatoms. The molecule has 0 aliphatic rings. The van der Waals surface area contributed by atoms with Crippen molar-refractivity contribution in [2.75, 3.05) is 0 Å². The molecular formula is C16H24O. The number of Topliss-reactive ketones (excluding diaryl/α,β-unsaturated/α-hetero) is 1. The summed E-state index contributed by atoms with van der Waals surface area (Å²) >= 11 is 0. The van der Waals surface area contributed by atoms with Crippen molar-refractivity contribution in [2.24, 2.45) is 5.92 Å². The lowest BCUT2D eigenvalue weighted by Crippen LogP contribution is -2.17. The summed E-state index contributed by atoms with van der Waals surface area (Å²) in [6, 6.07) is 8.01. The van der Waals surface area contributed by atoms with Gasteiger partial charge in [-0.25, -0.2) is 0 Å². The molecule has 1 atom stereocenters. The third-order valence-corrected chi connectivity index (χ3v) is 3.27. The van der Waals surface area contributed by atoms with Crippen molar-refractivity contribution in [1.82, 2.24) is 0 Å². The smallest absolute Gasteiger partial charge is 0.163 e. The van der Waals surface area contributed by atoms with Crippen LogP contribution < -0.4 is 0 Å². The van der Waals surface area contributed by atoms with E-state index in [0.29, 0.717) is 12.3 Å². The molecule has 0 radical (unpaired) electrons. The first-order chi connectivity index (χ1) is 7.86. The molecule has 0 amide bonds. The van der Waals surface area contributed by atoms with Crippen molar-refractivity contribution in [3.63, 3.8) is 0 Å². The molecule has 0 saturated heterocycles. The number of ketones is 1. The zero-order valence-electron chi connectivity index (χ0n) is 11.7. The van der Waals surface area contributed by atoms with Gasteiger partial charge in [-0.2, -0.15) is 0 Å². The molecule has 1 aromatic rings. The van der Waals surface area contributed by atoms with Crippen LogP contribution in [0, 0.1) is 5.92 Å². The number of carbonyl (C=O) groups excluding carboxylic acids is 1. The van der Waals surface area contributed by atoms with Crippen LogP contribution in [0.2, 0.25) is 0 Å². The Morgan fingerprint density at radius 2 is 1.82 bits per heavy atom. The predicted octanol–water partition coefficient (Wildman–Crippen LogP) is 4.60. The second kappa shape index (κ2) is 5.48. The molecule has 0 fully saturated rings. The fraction of sp³-hybridized carbons (Fsp3) is 0.562. The number of benzene rings is 1. The van der Waals surface area contributed by atoms with Crippen LogP contribution in [0.5, 0.6) is 0 Å². The Labute approximate surface area is 105 Å². The van der Waals surface area contributed by atoms with E-state index in [2.05, 4.69) is 40.7 Å². The Kier molecular flexibility index (Phi) is 4.50. The summed E-state index contributed by atoms with van der Waals surface area (Å²) in [6.07, 6.45) is 1.72. The van der Waals surface area contributed by atoms with E-state index < -0.39 is 0 Å². The highest BCUT2D eigenvalue weighted by Crippen LogP contribution is 2.27. The number of hydrogen-bond acceptors (Lipinski definition) is 1. The summed E-state index contributed by atoms with van der Waals surface area (Å²) in [6.45, 7) is 10.7. The molecule has 94 valence electrons. The number of rotatable bonds is 4. The van der Waals surface area contributed by atoms with E-state index in [1.165, 1.54) is 0 Å². The molecule has 0 aliphatic carbocycles. The fourth-order valence-corrected chi connectivity index (χ4v) is 1.95. The van der Waals surface area contributed by atoms with E-state index in [4.69, 9.17) is 0 Å². The van der Waals surface area contributed by atoms with Crippen LogP contribution >= 0.6 is 0 Å². The molecule has 0 aromatic heterocycles. The topological polar surface area (TPSA) is 17.1 Å². The summed E-state index contributed by atoms with van der Waals surface area (Å²) in [4.78, 5) is 12.3. The SMILES string of the molecule is CCC(C)CC(=O)c1ccccc1C(C)(C)C. The highest BCUT2D eigenvalue weighted by molar-refractivity contribution is 5.97. The van der Waals surface area contributed by atoms with Gasteiger partial charge in [0.1, 0.15) is 0 Å². The van der Waals surface area contributed by atoms with Gasteiger partial charge in [0.15, 0.2) is 5.78 Å². The normalized spacial score (nSPS) is 13.5. The van der Waals surface area contributed by atoms with Crippen LogP contribution in [0.25, 0.3) is 0 Å². The Morgan fingerprint density at radius 1 is 1.24 bits per heavy atom. The van der Waals surface area contributed by atoms with E-state index in [1.807, 2.05) is 18.2 Å². The summed E-state index contributed by atoms with van der Waals surface area (Å²) < 4.78 is 0. The van der Waals surface area contributed by atoms with Gasteiger partial charge in [-0.15, -0.1) is 0 Å². The second-order valence-corrected chi connectivity index (χ2v) is 5.94. The zero-order valence-corrected chi connectivity index (χ0v) is 11.7. The standard InChI is InChI=1S/C16H24O/c1-6-12(2)11-15(17)13-9-7-8-10-14(13)16(3,4)5/h7-10,12H,6,11H2,1-5H3. The highest BCUT2D eigenvalue weighted by Gasteiger charge is 2.21. The molecule has 0 saturated carbocycles. The van der Waals surface area contributed by atoms with Crippen LogP contribution in [0.15, 0.2) is 24.3 Å². The van der Waals surface area contributed by atoms with Gasteiger partial charge < -0.3 is 0 Å². The van der Waals surface area contributed by atoms with E-state index in [1.54, 1.807) is 0 Å². The van der Waals surface area contributed by atoms with Gasteiger partial charge in [-0.1, -0.05) is 65.3 Å². The first-order valence-corrected chi connectivity index (χ1v) is 6.49. The minimum atomic E-state index is 0.0295. The molecule has 0 bridgehead atoms.